The van der Waals surface area contributed by atoms with Gasteiger partial charge in [-0.05, 0) is 39.2 Å². The first-order valence-electron chi connectivity index (χ1n) is 7.74. The smallest absolute Gasteiger partial charge is 0.0593 e. The second-order valence-corrected chi connectivity index (χ2v) is 5.59. The predicted molar refractivity (Wildman–Crippen MR) is 75.9 cm³/mol. The Morgan fingerprint density at radius 2 is 2.11 bits per heavy atom. The van der Waals surface area contributed by atoms with Gasteiger partial charge < -0.3 is 9.84 Å². The van der Waals surface area contributed by atoms with Crippen molar-refractivity contribution in [2.75, 3.05) is 26.3 Å². The molecule has 0 bridgehead atoms. The lowest BCUT2D eigenvalue weighted by Gasteiger charge is -2.30. The number of ether oxygens (including phenoxy) is 1. The van der Waals surface area contributed by atoms with E-state index in [2.05, 4.69) is 11.8 Å². The summed E-state index contributed by atoms with van der Waals surface area (Å²) in [5, 5.41) is 9.60. The molecule has 3 heteroatoms. The third-order valence-corrected chi connectivity index (χ3v) is 3.78. The molecule has 0 radical (unpaired) electrons. The summed E-state index contributed by atoms with van der Waals surface area (Å²) in [4.78, 5) is 2.53. The number of aliphatic hydroxyl groups is 1. The van der Waals surface area contributed by atoms with Gasteiger partial charge in [0.05, 0.1) is 12.7 Å². The summed E-state index contributed by atoms with van der Waals surface area (Å²) in [5.74, 6) is 0. The molecule has 1 fully saturated rings. The molecule has 0 saturated carbocycles. The molecular weight excluding hydrogens is 226 g/mol. The lowest BCUT2D eigenvalue weighted by atomic mass is 10.0. The highest BCUT2D eigenvalue weighted by molar-refractivity contribution is 4.77. The molecule has 0 spiro atoms. The van der Waals surface area contributed by atoms with Crippen molar-refractivity contribution in [1.82, 2.24) is 4.90 Å². The number of rotatable bonds is 8. The van der Waals surface area contributed by atoms with Gasteiger partial charge in [-0.1, -0.05) is 26.2 Å². The van der Waals surface area contributed by atoms with Crippen molar-refractivity contribution in [2.24, 2.45) is 0 Å². The number of unbranched alkanes of at least 4 members (excludes halogenated alkanes) is 1. The minimum absolute atomic E-state index is 0.184. The Hall–Kier alpha value is -0.120. The topological polar surface area (TPSA) is 32.7 Å². The zero-order chi connectivity index (χ0) is 13.2. The van der Waals surface area contributed by atoms with Crippen LogP contribution in [0.2, 0.25) is 0 Å². The molecule has 1 aliphatic heterocycles. The molecule has 0 amide bonds. The third kappa shape index (κ3) is 6.72. The van der Waals surface area contributed by atoms with Gasteiger partial charge in [-0.15, -0.1) is 0 Å². The Bertz CT molecular complexity index is 197. The Labute approximate surface area is 113 Å². The number of aliphatic hydroxyl groups excluding tert-OH is 1. The summed E-state index contributed by atoms with van der Waals surface area (Å²) >= 11 is 0. The second kappa shape index (κ2) is 9.76. The van der Waals surface area contributed by atoms with Gasteiger partial charge in [-0.3, -0.25) is 4.90 Å². The quantitative estimate of drug-likeness (QED) is 0.679. The van der Waals surface area contributed by atoms with Crippen LogP contribution < -0.4 is 0 Å². The van der Waals surface area contributed by atoms with Gasteiger partial charge >= 0.3 is 0 Å². The zero-order valence-corrected chi connectivity index (χ0v) is 12.2. The first-order valence-corrected chi connectivity index (χ1v) is 7.74. The van der Waals surface area contributed by atoms with Crippen LogP contribution in [0.4, 0.5) is 0 Å². The first kappa shape index (κ1) is 15.9. The maximum absolute atomic E-state index is 9.60. The van der Waals surface area contributed by atoms with Gasteiger partial charge in [0.1, 0.15) is 0 Å². The van der Waals surface area contributed by atoms with Crippen LogP contribution in [0.3, 0.4) is 0 Å². The van der Waals surface area contributed by atoms with E-state index in [9.17, 15) is 5.11 Å². The summed E-state index contributed by atoms with van der Waals surface area (Å²) in [7, 11) is 0. The van der Waals surface area contributed by atoms with Crippen molar-refractivity contribution in [2.45, 2.75) is 70.9 Å². The summed E-state index contributed by atoms with van der Waals surface area (Å²) in [6.45, 7) is 8.04. The van der Waals surface area contributed by atoms with Crippen LogP contribution in [0.5, 0.6) is 0 Å². The highest BCUT2D eigenvalue weighted by Gasteiger charge is 2.21. The minimum Gasteiger partial charge on any atom is -0.393 e. The normalized spacial score (nSPS) is 23.8. The van der Waals surface area contributed by atoms with Crippen LogP contribution >= 0.6 is 0 Å². The maximum Gasteiger partial charge on any atom is 0.0593 e. The molecule has 18 heavy (non-hydrogen) atoms. The van der Waals surface area contributed by atoms with Crippen molar-refractivity contribution in [3.05, 3.63) is 0 Å². The summed E-state index contributed by atoms with van der Waals surface area (Å²) < 4.78 is 5.67. The van der Waals surface area contributed by atoms with Gasteiger partial charge in [0.2, 0.25) is 0 Å². The number of hydrogen-bond donors (Lipinski definition) is 1. The summed E-state index contributed by atoms with van der Waals surface area (Å²) in [6.07, 6.45) is 8.27. The molecule has 108 valence electrons. The fourth-order valence-corrected chi connectivity index (χ4v) is 2.72. The maximum atomic E-state index is 9.60. The van der Waals surface area contributed by atoms with Crippen LogP contribution in [0.15, 0.2) is 0 Å². The average Bonchev–Trinajstić information content (AvgIpc) is 2.54. The highest BCUT2D eigenvalue weighted by Crippen LogP contribution is 2.20. The molecule has 0 aromatic carbocycles. The van der Waals surface area contributed by atoms with Gasteiger partial charge in [0.25, 0.3) is 0 Å². The second-order valence-electron chi connectivity index (χ2n) is 5.59. The monoisotopic (exact) mass is 257 g/mol. The number of hydrogen-bond acceptors (Lipinski definition) is 3. The van der Waals surface area contributed by atoms with Crippen molar-refractivity contribution >= 4 is 0 Å². The van der Waals surface area contributed by atoms with Gasteiger partial charge in [-0.25, -0.2) is 0 Å². The fraction of sp³-hybridized carbons (Fsp3) is 1.00. The van der Waals surface area contributed by atoms with E-state index in [1.165, 1.54) is 38.6 Å². The SMILES string of the molecule is CCCCOCCN1CCCCCC1CC(C)O. The van der Waals surface area contributed by atoms with Crippen LogP contribution in [0, 0.1) is 0 Å². The van der Waals surface area contributed by atoms with Crippen LogP contribution in [-0.2, 0) is 4.74 Å². The summed E-state index contributed by atoms with van der Waals surface area (Å²) in [6, 6.07) is 0.558. The molecule has 1 aliphatic rings. The van der Waals surface area contributed by atoms with E-state index in [-0.39, 0.29) is 6.10 Å². The minimum atomic E-state index is -0.184. The zero-order valence-electron chi connectivity index (χ0n) is 12.2. The molecular formula is C15H31NO2. The lowest BCUT2D eigenvalue weighted by Crippen LogP contribution is -2.39. The Kier molecular flexibility index (Phi) is 8.64. The molecule has 0 aliphatic carbocycles. The Balaban J connectivity index is 2.27. The lowest BCUT2D eigenvalue weighted by molar-refractivity contribution is 0.0673. The molecule has 1 rings (SSSR count). The largest absolute Gasteiger partial charge is 0.393 e. The molecule has 0 aromatic heterocycles. The Morgan fingerprint density at radius 1 is 1.28 bits per heavy atom. The molecule has 1 saturated heterocycles. The van der Waals surface area contributed by atoms with E-state index in [1.54, 1.807) is 0 Å². The van der Waals surface area contributed by atoms with Crippen LogP contribution in [0.1, 0.15) is 58.8 Å². The number of likely N-dealkylation sites (tertiary alicyclic amines) is 1. The highest BCUT2D eigenvalue weighted by atomic mass is 16.5. The van der Waals surface area contributed by atoms with Crippen molar-refractivity contribution in [1.29, 1.82) is 0 Å². The van der Waals surface area contributed by atoms with E-state index >= 15 is 0 Å². The molecule has 3 nitrogen and oxygen atoms in total. The van der Waals surface area contributed by atoms with Crippen LogP contribution in [-0.4, -0.2) is 48.5 Å². The fourth-order valence-electron chi connectivity index (χ4n) is 2.72. The molecule has 1 heterocycles. The van der Waals surface area contributed by atoms with Gasteiger partial charge in [0.15, 0.2) is 0 Å². The van der Waals surface area contributed by atoms with E-state index in [0.29, 0.717) is 6.04 Å². The van der Waals surface area contributed by atoms with E-state index in [1.807, 2.05) is 6.92 Å². The van der Waals surface area contributed by atoms with E-state index < -0.39 is 0 Å². The first-order chi connectivity index (χ1) is 8.74. The van der Waals surface area contributed by atoms with E-state index in [4.69, 9.17) is 4.74 Å². The predicted octanol–water partition coefficient (Wildman–Crippen LogP) is 2.82. The average molecular weight is 257 g/mol. The standard InChI is InChI=1S/C15H31NO2/c1-3-4-11-18-12-10-16-9-7-5-6-8-15(16)13-14(2)17/h14-15,17H,3-13H2,1-2H3. The molecule has 2 unspecified atom stereocenters. The number of nitrogens with zero attached hydrogens (tertiary/aromatic N) is 1. The van der Waals surface area contributed by atoms with Gasteiger partial charge in [-0.2, -0.15) is 0 Å². The Morgan fingerprint density at radius 3 is 2.83 bits per heavy atom. The molecule has 2 atom stereocenters. The van der Waals surface area contributed by atoms with E-state index in [0.717, 1.165) is 32.6 Å². The van der Waals surface area contributed by atoms with Crippen molar-refractivity contribution < 1.29 is 9.84 Å². The molecule has 1 N–H and O–H groups in total. The summed E-state index contributed by atoms with van der Waals surface area (Å²) in [5.41, 5.74) is 0. The van der Waals surface area contributed by atoms with Gasteiger partial charge in [0, 0.05) is 19.2 Å². The molecule has 0 aromatic rings. The van der Waals surface area contributed by atoms with Crippen LogP contribution in [0.25, 0.3) is 0 Å². The van der Waals surface area contributed by atoms with Crippen molar-refractivity contribution in [3.8, 4) is 0 Å². The van der Waals surface area contributed by atoms with Crippen molar-refractivity contribution in [3.63, 3.8) is 0 Å². The third-order valence-electron chi connectivity index (χ3n) is 3.78.